The van der Waals surface area contributed by atoms with Gasteiger partial charge < -0.3 is 9.64 Å². The fraction of sp³-hybridized carbons (Fsp3) is 0.412. The molecular formula is C17H18FN3O2. The van der Waals surface area contributed by atoms with Gasteiger partial charge in [0, 0.05) is 26.2 Å². The molecule has 1 aromatic rings. The molecule has 6 heteroatoms. The molecule has 120 valence electrons. The van der Waals surface area contributed by atoms with Crippen molar-refractivity contribution in [3.63, 3.8) is 0 Å². The van der Waals surface area contributed by atoms with Crippen molar-refractivity contribution in [2.75, 3.05) is 39.3 Å². The second kappa shape index (κ2) is 8.17. The van der Waals surface area contributed by atoms with Gasteiger partial charge in [0.05, 0.1) is 30.3 Å². The first kappa shape index (κ1) is 16.8. The van der Waals surface area contributed by atoms with E-state index in [4.69, 9.17) is 10.00 Å². The minimum absolute atomic E-state index is 0.231. The molecular weight excluding hydrogens is 297 g/mol. The normalized spacial score (nSPS) is 14.6. The van der Waals surface area contributed by atoms with Crippen LogP contribution in [-0.4, -0.2) is 55.2 Å². The van der Waals surface area contributed by atoms with Crippen LogP contribution in [0, 0.1) is 29.0 Å². The molecule has 1 amide bonds. The number of benzene rings is 1. The number of carbonyl (C=O) groups excluding carboxylic acids is 1. The number of hydrogen-bond acceptors (Lipinski definition) is 4. The van der Waals surface area contributed by atoms with E-state index in [-0.39, 0.29) is 11.7 Å². The first-order chi connectivity index (χ1) is 11.1. The Balaban J connectivity index is 1.87. The summed E-state index contributed by atoms with van der Waals surface area (Å²) in [5.74, 6) is 5.26. The standard InChI is InChI=1S/C17H18FN3O2/c1-2-23-17(22)21-10-8-20(9-11-21)7-3-4-15-12-14(13-19)5-6-16(15)18/h5-6,12H,2,7-11H2,1H3. The van der Waals surface area contributed by atoms with E-state index in [9.17, 15) is 9.18 Å². The number of halogens is 1. The van der Waals surface area contributed by atoms with Crippen LogP contribution in [0.15, 0.2) is 18.2 Å². The Hall–Kier alpha value is -2.57. The lowest BCUT2D eigenvalue weighted by molar-refractivity contribution is 0.0829. The number of hydrogen-bond donors (Lipinski definition) is 0. The predicted molar refractivity (Wildman–Crippen MR) is 83.0 cm³/mol. The Bertz CT molecular complexity index is 665. The molecule has 0 N–H and O–H groups in total. The van der Waals surface area contributed by atoms with Crippen molar-refractivity contribution in [2.45, 2.75) is 6.92 Å². The van der Waals surface area contributed by atoms with E-state index in [0.717, 1.165) is 0 Å². The summed E-state index contributed by atoms with van der Waals surface area (Å²) in [6.07, 6.45) is -0.284. The van der Waals surface area contributed by atoms with Gasteiger partial charge in [0.25, 0.3) is 0 Å². The molecule has 1 saturated heterocycles. The van der Waals surface area contributed by atoms with Crippen molar-refractivity contribution >= 4 is 6.09 Å². The number of ether oxygens (including phenoxy) is 1. The van der Waals surface area contributed by atoms with Gasteiger partial charge in [-0.05, 0) is 25.1 Å². The average molecular weight is 315 g/mol. The Labute approximate surface area is 135 Å². The van der Waals surface area contributed by atoms with Gasteiger partial charge in [-0.15, -0.1) is 0 Å². The number of nitriles is 1. The predicted octanol–water partition coefficient (Wildman–Crippen LogP) is 1.82. The largest absolute Gasteiger partial charge is 0.450 e. The van der Waals surface area contributed by atoms with Crippen molar-refractivity contribution in [2.24, 2.45) is 0 Å². The van der Waals surface area contributed by atoms with Crippen molar-refractivity contribution in [1.82, 2.24) is 9.80 Å². The Morgan fingerprint density at radius 3 is 2.74 bits per heavy atom. The van der Waals surface area contributed by atoms with E-state index in [1.807, 2.05) is 6.07 Å². The molecule has 0 saturated carbocycles. The van der Waals surface area contributed by atoms with Crippen molar-refractivity contribution in [3.05, 3.63) is 35.1 Å². The summed E-state index contributed by atoms with van der Waals surface area (Å²) in [4.78, 5) is 15.4. The first-order valence-electron chi connectivity index (χ1n) is 7.46. The van der Waals surface area contributed by atoms with Crippen molar-refractivity contribution in [3.8, 4) is 17.9 Å². The van der Waals surface area contributed by atoms with Gasteiger partial charge in [-0.25, -0.2) is 9.18 Å². The average Bonchev–Trinajstić information content (AvgIpc) is 2.57. The SMILES string of the molecule is CCOC(=O)N1CCN(CC#Cc2cc(C#N)ccc2F)CC1. The Morgan fingerprint density at radius 1 is 1.35 bits per heavy atom. The van der Waals surface area contributed by atoms with Gasteiger partial charge in [-0.3, -0.25) is 4.90 Å². The van der Waals surface area contributed by atoms with Crippen LogP contribution in [0.4, 0.5) is 9.18 Å². The van der Waals surface area contributed by atoms with E-state index in [1.165, 1.54) is 18.2 Å². The van der Waals surface area contributed by atoms with Gasteiger partial charge in [0.1, 0.15) is 5.82 Å². The molecule has 0 spiro atoms. The highest BCUT2D eigenvalue weighted by atomic mass is 19.1. The quantitative estimate of drug-likeness (QED) is 0.781. The molecule has 2 rings (SSSR count). The van der Waals surface area contributed by atoms with E-state index in [2.05, 4.69) is 16.7 Å². The highest BCUT2D eigenvalue weighted by molar-refractivity contribution is 5.67. The van der Waals surface area contributed by atoms with Crippen LogP contribution in [0.25, 0.3) is 0 Å². The van der Waals surface area contributed by atoms with Crippen LogP contribution in [0.2, 0.25) is 0 Å². The molecule has 1 heterocycles. The monoisotopic (exact) mass is 315 g/mol. The molecule has 0 bridgehead atoms. The molecule has 1 aliphatic rings. The summed E-state index contributed by atoms with van der Waals surface area (Å²) in [6, 6.07) is 6.09. The number of rotatable bonds is 2. The zero-order chi connectivity index (χ0) is 16.7. The zero-order valence-corrected chi connectivity index (χ0v) is 13.0. The highest BCUT2D eigenvalue weighted by Gasteiger charge is 2.21. The van der Waals surface area contributed by atoms with Crippen molar-refractivity contribution < 1.29 is 13.9 Å². The van der Waals surface area contributed by atoms with Crippen LogP contribution >= 0.6 is 0 Å². The van der Waals surface area contributed by atoms with Gasteiger partial charge in [-0.2, -0.15) is 5.26 Å². The van der Waals surface area contributed by atoms with Gasteiger partial charge >= 0.3 is 6.09 Å². The molecule has 5 nitrogen and oxygen atoms in total. The topological polar surface area (TPSA) is 56.6 Å². The highest BCUT2D eigenvalue weighted by Crippen LogP contribution is 2.09. The maximum absolute atomic E-state index is 13.6. The van der Waals surface area contributed by atoms with E-state index < -0.39 is 5.82 Å². The van der Waals surface area contributed by atoms with Gasteiger partial charge in [0.2, 0.25) is 0 Å². The molecule has 23 heavy (non-hydrogen) atoms. The summed E-state index contributed by atoms with van der Waals surface area (Å²) >= 11 is 0. The third kappa shape index (κ3) is 4.70. The minimum Gasteiger partial charge on any atom is -0.450 e. The van der Waals surface area contributed by atoms with Crippen molar-refractivity contribution in [1.29, 1.82) is 5.26 Å². The van der Waals surface area contributed by atoms with Crippen LogP contribution < -0.4 is 0 Å². The fourth-order valence-corrected chi connectivity index (χ4v) is 2.24. The minimum atomic E-state index is -0.427. The van der Waals surface area contributed by atoms with E-state index in [1.54, 1.807) is 11.8 Å². The summed E-state index contributed by atoms with van der Waals surface area (Å²) in [5.41, 5.74) is 0.618. The number of nitrogens with zero attached hydrogens (tertiary/aromatic N) is 3. The molecule has 0 unspecified atom stereocenters. The number of carbonyl (C=O) groups is 1. The maximum Gasteiger partial charge on any atom is 0.409 e. The maximum atomic E-state index is 13.6. The third-order valence-corrected chi connectivity index (χ3v) is 3.52. The smallest absolute Gasteiger partial charge is 0.409 e. The molecule has 1 aliphatic heterocycles. The van der Waals surface area contributed by atoms with Gasteiger partial charge in [-0.1, -0.05) is 11.8 Å². The lowest BCUT2D eigenvalue weighted by atomic mass is 10.1. The summed E-state index contributed by atoms with van der Waals surface area (Å²) < 4.78 is 18.6. The fourth-order valence-electron chi connectivity index (χ4n) is 2.24. The van der Waals surface area contributed by atoms with E-state index >= 15 is 0 Å². The molecule has 1 aromatic carbocycles. The summed E-state index contributed by atoms with van der Waals surface area (Å²) in [7, 11) is 0. The Morgan fingerprint density at radius 2 is 2.09 bits per heavy atom. The summed E-state index contributed by atoms with van der Waals surface area (Å²) in [6.45, 7) is 5.24. The number of amides is 1. The van der Waals surface area contributed by atoms with Crippen LogP contribution in [-0.2, 0) is 4.74 Å². The van der Waals surface area contributed by atoms with Crippen LogP contribution in [0.1, 0.15) is 18.1 Å². The van der Waals surface area contributed by atoms with Crippen LogP contribution in [0.3, 0.4) is 0 Å². The molecule has 0 atom stereocenters. The summed E-state index contributed by atoms with van der Waals surface area (Å²) in [5, 5.41) is 8.82. The van der Waals surface area contributed by atoms with Crippen LogP contribution in [0.5, 0.6) is 0 Å². The zero-order valence-electron chi connectivity index (χ0n) is 13.0. The first-order valence-corrected chi connectivity index (χ1v) is 7.46. The van der Waals surface area contributed by atoms with E-state index in [0.29, 0.717) is 44.9 Å². The lowest BCUT2D eigenvalue weighted by Crippen LogP contribution is -2.48. The molecule has 0 radical (unpaired) electrons. The second-order valence-corrected chi connectivity index (χ2v) is 5.07. The Kier molecular flexibility index (Phi) is 5.96. The number of piperazine rings is 1. The molecule has 0 aliphatic carbocycles. The third-order valence-electron chi connectivity index (χ3n) is 3.52. The molecule has 1 fully saturated rings. The second-order valence-electron chi connectivity index (χ2n) is 5.07. The lowest BCUT2D eigenvalue weighted by Gasteiger charge is -2.32. The van der Waals surface area contributed by atoms with Gasteiger partial charge in [0.15, 0.2) is 0 Å². The molecule has 0 aromatic heterocycles.